The molecular formula is C19H12ClN3O3S. The Morgan fingerprint density at radius 1 is 1.11 bits per heavy atom. The number of carbonyl (C=O) groups excluding carboxylic acids is 1. The molecule has 0 amide bonds. The van der Waals surface area contributed by atoms with Gasteiger partial charge in [-0.05, 0) is 55.5 Å². The number of halogens is 1. The van der Waals surface area contributed by atoms with Gasteiger partial charge in [0.05, 0.1) is 5.69 Å². The summed E-state index contributed by atoms with van der Waals surface area (Å²) in [6, 6.07) is 12.7. The molecule has 27 heavy (non-hydrogen) atoms. The average molecular weight is 398 g/mol. The number of phenolic OH excluding ortho intramolecular Hbond substituents is 1. The number of rotatable bonds is 3. The molecule has 0 saturated carbocycles. The van der Waals surface area contributed by atoms with Crippen molar-refractivity contribution in [2.75, 3.05) is 0 Å². The van der Waals surface area contributed by atoms with E-state index in [2.05, 4.69) is 10.1 Å². The van der Waals surface area contributed by atoms with Gasteiger partial charge in [-0.2, -0.15) is 10.1 Å². The molecule has 8 heteroatoms. The second-order valence-corrected chi connectivity index (χ2v) is 7.27. The largest absolute Gasteiger partial charge is 0.508 e. The SMILES string of the molecule is Cc1c(C(=O)c2ccc(Cl)cc2)sc2nc(=O)c(-c3ccc(O)cc3)nn12. The summed E-state index contributed by atoms with van der Waals surface area (Å²) < 4.78 is 1.50. The zero-order chi connectivity index (χ0) is 19.1. The normalized spacial score (nSPS) is 11.0. The van der Waals surface area contributed by atoms with Crippen molar-refractivity contribution in [2.24, 2.45) is 0 Å². The Labute approximate surface area is 162 Å². The van der Waals surface area contributed by atoms with E-state index in [4.69, 9.17) is 11.6 Å². The van der Waals surface area contributed by atoms with E-state index in [1.165, 1.54) is 16.6 Å². The Morgan fingerprint density at radius 3 is 2.44 bits per heavy atom. The van der Waals surface area contributed by atoms with Gasteiger partial charge in [-0.15, -0.1) is 0 Å². The minimum Gasteiger partial charge on any atom is -0.508 e. The zero-order valence-corrected chi connectivity index (χ0v) is 15.6. The number of phenols is 1. The van der Waals surface area contributed by atoms with Crippen LogP contribution < -0.4 is 5.56 Å². The Kier molecular flexibility index (Phi) is 4.25. The van der Waals surface area contributed by atoms with Crippen molar-refractivity contribution in [2.45, 2.75) is 6.92 Å². The predicted octanol–water partition coefficient (Wildman–Crippen LogP) is 3.72. The first-order chi connectivity index (χ1) is 12.9. The number of hydrogen-bond acceptors (Lipinski definition) is 6. The molecule has 1 N–H and O–H groups in total. The fourth-order valence-corrected chi connectivity index (χ4v) is 3.81. The summed E-state index contributed by atoms with van der Waals surface area (Å²) in [5, 5.41) is 14.3. The molecule has 0 bridgehead atoms. The highest BCUT2D eigenvalue weighted by Crippen LogP contribution is 2.25. The maximum atomic E-state index is 12.8. The number of aryl methyl sites for hydroxylation is 1. The maximum Gasteiger partial charge on any atom is 0.300 e. The van der Waals surface area contributed by atoms with Gasteiger partial charge in [-0.3, -0.25) is 9.59 Å². The standard InChI is InChI=1S/C19H12ClN3O3S/c1-10-17(16(25)12-2-6-13(20)7-3-12)27-19-21-18(26)15(22-23(10)19)11-4-8-14(24)9-5-11/h2-9,24H,1H3. The Bertz CT molecular complexity index is 1230. The van der Waals surface area contributed by atoms with Crippen LogP contribution >= 0.6 is 22.9 Å². The van der Waals surface area contributed by atoms with Crippen LogP contribution in [-0.2, 0) is 0 Å². The third-order valence-electron chi connectivity index (χ3n) is 4.07. The van der Waals surface area contributed by atoms with E-state index in [1.807, 2.05) is 0 Å². The molecule has 0 unspecified atom stereocenters. The van der Waals surface area contributed by atoms with Gasteiger partial charge in [-0.1, -0.05) is 22.9 Å². The van der Waals surface area contributed by atoms with Crippen molar-refractivity contribution in [3.63, 3.8) is 0 Å². The van der Waals surface area contributed by atoms with Crippen LogP contribution in [0.5, 0.6) is 5.75 Å². The van der Waals surface area contributed by atoms with Crippen LogP contribution in [0.2, 0.25) is 5.02 Å². The van der Waals surface area contributed by atoms with E-state index in [-0.39, 0.29) is 17.2 Å². The van der Waals surface area contributed by atoms with E-state index < -0.39 is 5.56 Å². The quantitative estimate of drug-likeness (QED) is 0.532. The third kappa shape index (κ3) is 3.11. The highest BCUT2D eigenvalue weighted by Gasteiger charge is 2.20. The lowest BCUT2D eigenvalue weighted by atomic mass is 10.1. The summed E-state index contributed by atoms with van der Waals surface area (Å²) in [6.07, 6.45) is 0. The monoisotopic (exact) mass is 397 g/mol. The lowest BCUT2D eigenvalue weighted by molar-refractivity contribution is 0.104. The van der Waals surface area contributed by atoms with Crippen molar-refractivity contribution in [3.8, 4) is 17.0 Å². The molecule has 4 rings (SSSR count). The van der Waals surface area contributed by atoms with Crippen molar-refractivity contribution in [3.05, 3.63) is 80.0 Å². The minimum absolute atomic E-state index is 0.0930. The lowest BCUT2D eigenvalue weighted by Gasteiger charge is -2.02. The van der Waals surface area contributed by atoms with Gasteiger partial charge in [0, 0.05) is 16.1 Å². The van der Waals surface area contributed by atoms with Gasteiger partial charge < -0.3 is 5.11 Å². The topological polar surface area (TPSA) is 84.6 Å². The number of aromatic hydroxyl groups is 1. The first-order valence-corrected chi connectivity index (χ1v) is 9.13. The molecule has 2 aromatic carbocycles. The summed E-state index contributed by atoms with van der Waals surface area (Å²) in [5.74, 6) is -0.0875. The number of thiazole rings is 1. The van der Waals surface area contributed by atoms with E-state index in [0.29, 0.717) is 31.7 Å². The maximum absolute atomic E-state index is 12.8. The van der Waals surface area contributed by atoms with E-state index >= 15 is 0 Å². The van der Waals surface area contributed by atoms with Crippen LogP contribution in [0.25, 0.3) is 16.2 Å². The van der Waals surface area contributed by atoms with Crippen LogP contribution in [0, 0.1) is 6.92 Å². The summed E-state index contributed by atoms with van der Waals surface area (Å²) in [5.41, 5.74) is 1.29. The Balaban J connectivity index is 1.84. The molecule has 2 aromatic heterocycles. The summed E-state index contributed by atoms with van der Waals surface area (Å²) >= 11 is 7.00. The smallest absolute Gasteiger partial charge is 0.300 e. The Morgan fingerprint density at radius 2 is 1.78 bits per heavy atom. The molecule has 4 aromatic rings. The van der Waals surface area contributed by atoms with E-state index in [1.54, 1.807) is 43.3 Å². The molecule has 0 atom stereocenters. The van der Waals surface area contributed by atoms with Crippen molar-refractivity contribution < 1.29 is 9.90 Å². The fraction of sp³-hybridized carbons (Fsp3) is 0.0526. The predicted molar refractivity (Wildman–Crippen MR) is 104 cm³/mol. The van der Waals surface area contributed by atoms with E-state index in [0.717, 1.165) is 11.3 Å². The summed E-state index contributed by atoms with van der Waals surface area (Å²) in [6.45, 7) is 1.76. The fourth-order valence-electron chi connectivity index (χ4n) is 2.66. The zero-order valence-electron chi connectivity index (χ0n) is 14.0. The van der Waals surface area contributed by atoms with Crippen molar-refractivity contribution in [1.29, 1.82) is 0 Å². The number of fused-ring (bicyclic) bond motifs is 1. The number of ketones is 1. The first kappa shape index (κ1) is 17.4. The number of carbonyl (C=O) groups is 1. The molecule has 6 nitrogen and oxygen atoms in total. The molecule has 0 saturated heterocycles. The second-order valence-electron chi connectivity index (χ2n) is 5.86. The van der Waals surface area contributed by atoms with Crippen LogP contribution in [0.3, 0.4) is 0 Å². The average Bonchev–Trinajstić information content (AvgIpc) is 2.97. The number of nitrogens with zero attached hydrogens (tertiary/aromatic N) is 3. The molecule has 0 radical (unpaired) electrons. The molecule has 0 aliphatic rings. The van der Waals surface area contributed by atoms with Crippen LogP contribution in [0.4, 0.5) is 0 Å². The van der Waals surface area contributed by atoms with Crippen LogP contribution in [-0.4, -0.2) is 25.5 Å². The summed E-state index contributed by atoms with van der Waals surface area (Å²) in [7, 11) is 0. The molecule has 0 aliphatic carbocycles. The van der Waals surface area contributed by atoms with Crippen LogP contribution in [0.1, 0.15) is 20.9 Å². The van der Waals surface area contributed by atoms with Gasteiger partial charge in [0.25, 0.3) is 0 Å². The first-order valence-electron chi connectivity index (χ1n) is 7.94. The number of hydrogen-bond donors (Lipinski definition) is 1. The van der Waals surface area contributed by atoms with Gasteiger partial charge in [0.1, 0.15) is 10.6 Å². The lowest BCUT2D eigenvalue weighted by Crippen LogP contribution is -2.15. The van der Waals surface area contributed by atoms with E-state index in [9.17, 15) is 14.7 Å². The van der Waals surface area contributed by atoms with Gasteiger partial charge >= 0.3 is 5.56 Å². The molecule has 0 aliphatic heterocycles. The second kappa shape index (κ2) is 6.61. The highest BCUT2D eigenvalue weighted by atomic mass is 35.5. The molecule has 134 valence electrons. The van der Waals surface area contributed by atoms with Crippen molar-refractivity contribution in [1.82, 2.24) is 14.6 Å². The van der Waals surface area contributed by atoms with Crippen molar-refractivity contribution >= 4 is 33.7 Å². The van der Waals surface area contributed by atoms with Gasteiger partial charge in [-0.25, -0.2) is 4.52 Å². The Hall–Kier alpha value is -3.03. The van der Waals surface area contributed by atoms with Gasteiger partial charge in [0.15, 0.2) is 5.69 Å². The highest BCUT2D eigenvalue weighted by molar-refractivity contribution is 7.19. The number of benzene rings is 2. The molecule has 0 fully saturated rings. The number of aromatic nitrogens is 3. The molecular weight excluding hydrogens is 386 g/mol. The van der Waals surface area contributed by atoms with Gasteiger partial charge in [0.2, 0.25) is 10.7 Å². The third-order valence-corrected chi connectivity index (χ3v) is 5.46. The molecule has 0 spiro atoms. The minimum atomic E-state index is -0.493. The molecule has 2 heterocycles. The summed E-state index contributed by atoms with van der Waals surface area (Å²) in [4.78, 5) is 30.1. The van der Waals surface area contributed by atoms with Crippen LogP contribution in [0.15, 0.2) is 53.3 Å².